The van der Waals surface area contributed by atoms with Crippen molar-refractivity contribution in [2.75, 3.05) is 55.7 Å². The summed E-state index contributed by atoms with van der Waals surface area (Å²) in [6.07, 6.45) is 0.920. The summed E-state index contributed by atoms with van der Waals surface area (Å²) < 4.78 is 39.1. The van der Waals surface area contributed by atoms with Crippen LogP contribution in [0.5, 0.6) is 23.0 Å². The Labute approximate surface area is 288 Å². The molecule has 1 saturated carbocycles. The first-order valence-corrected chi connectivity index (χ1v) is 15.4. The van der Waals surface area contributed by atoms with E-state index in [1.54, 1.807) is 26.4 Å². The molecule has 3 aromatic rings. The second kappa shape index (κ2) is 18.5. The maximum absolute atomic E-state index is 13.5. The van der Waals surface area contributed by atoms with Gasteiger partial charge in [0.25, 0.3) is 0 Å². The molecule has 15 heteroatoms. The average Bonchev–Trinajstić information content (AvgIpc) is 3.48. The number of esters is 2. The Balaban J connectivity index is 0.00000205. The second-order valence-electron chi connectivity index (χ2n) is 11.7. The number of nitrogens with zero attached hydrogens (tertiary/aromatic N) is 1. The van der Waals surface area contributed by atoms with Gasteiger partial charge < -0.3 is 38.1 Å². The van der Waals surface area contributed by atoms with Crippen molar-refractivity contribution in [3.05, 3.63) is 60.3 Å². The summed E-state index contributed by atoms with van der Waals surface area (Å²) >= 11 is 0. The van der Waals surface area contributed by atoms with Crippen molar-refractivity contribution < 1.29 is 61.6 Å². The molecule has 6 atom stereocenters. The Bertz CT molecular complexity index is 1560. The van der Waals surface area contributed by atoms with Gasteiger partial charge in [0.15, 0.2) is 11.5 Å². The molecular formula is C35H48F4N2O9. The van der Waals surface area contributed by atoms with Gasteiger partial charge in [0.1, 0.15) is 18.0 Å². The van der Waals surface area contributed by atoms with Crippen LogP contribution in [-0.4, -0.2) is 89.8 Å². The molecule has 0 radical (unpaired) electrons. The van der Waals surface area contributed by atoms with Crippen LogP contribution in [0.15, 0.2) is 43.5 Å². The number of nitrogens with one attached hydrogen (secondary N) is 1. The minimum Gasteiger partial charge on any atom is -0.497 e. The van der Waals surface area contributed by atoms with E-state index in [1.165, 1.54) is 45.1 Å². The molecule has 50 heavy (non-hydrogen) atoms. The fraction of sp³-hybridized carbons (Fsp3) is 0.486. The Kier molecular flexibility index (Phi) is 16.1. The predicted molar refractivity (Wildman–Crippen MR) is 182 cm³/mol. The maximum Gasteiger partial charge on any atom is 0.338 e. The zero-order valence-corrected chi connectivity index (χ0v) is 29.1. The number of aromatic amines is 1. The quantitative estimate of drug-likeness (QED) is 0.180. The molecule has 1 aromatic heterocycles. The SMILES string of the molecule is C=C.COC(=O)[C@H]1[C@H]2C[C@@H]3c4[nH]c5cc(OC)ccc5c4CCN3C[C@H]2C[C@@H](OC(=O)c2cc(OC)c(OC)c(OC)c2)[C@@H]1OC.F.F.F.F. The van der Waals surface area contributed by atoms with Gasteiger partial charge in [-0.25, -0.2) is 4.79 Å². The highest BCUT2D eigenvalue weighted by Gasteiger charge is 2.54. The Morgan fingerprint density at radius 3 is 2.08 bits per heavy atom. The molecule has 1 N–H and O–H groups in total. The number of methoxy groups -OCH3 is 6. The van der Waals surface area contributed by atoms with Crippen LogP contribution < -0.4 is 18.9 Å². The topological polar surface area (TPSA) is 118 Å². The summed E-state index contributed by atoms with van der Waals surface area (Å²) in [5.74, 6) is 0.441. The van der Waals surface area contributed by atoms with E-state index in [9.17, 15) is 9.59 Å². The van der Waals surface area contributed by atoms with Gasteiger partial charge in [0, 0.05) is 42.9 Å². The second-order valence-corrected chi connectivity index (χ2v) is 11.7. The fourth-order valence-corrected chi connectivity index (χ4v) is 7.76. The number of hydrogen-bond donors (Lipinski definition) is 1. The normalized spacial score (nSPS) is 23.1. The lowest BCUT2D eigenvalue weighted by atomic mass is 9.63. The highest BCUT2D eigenvalue weighted by molar-refractivity contribution is 5.91. The number of carbonyl (C=O) groups is 2. The number of benzene rings is 2. The molecule has 3 heterocycles. The minimum absolute atomic E-state index is 0. The third kappa shape index (κ3) is 7.63. The standard InChI is InChI=1S/C33H40N2O9.C2H4.4FH/c1-38-19-7-8-20-21-9-10-35-16-18-13-27(44-32(36)17-11-25(39-2)30(41-4)26(12-17)40-3)31(42-5)28(33(37)43-6)22(18)15-24(35)29(21)34-23(20)14-19;1-2;;;;/h7-8,11-12,14,18,22,24,27-28,31,34H,9-10,13,15-16H2,1-6H3;1-2H2;4*1H/t18-,22+,24-,27-,28+,31+;;;;;/m1...../s1. The number of H-pyrrole nitrogens is 1. The smallest absolute Gasteiger partial charge is 0.338 e. The Hall–Kier alpha value is -4.50. The number of piperidine rings is 1. The van der Waals surface area contributed by atoms with E-state index in [0.29, 0.717) is 23.7 Å². The van der Waals surface area contributed by atoms with Crippen molar-refractivity contribution in [3.8, 4) is 23.0 Å². The van der Waals surface area contributed by atoms with Crippen LogP contribution in [0.1, 0.15) is 40.5 Å². The van der Waals surface area contributed by atoms with E-state index in [4.69, 9.17) is 33.2 Å². The van der Waals surface area contributed by atoms with Crippen LogP contribution in [0.25, 0.3) is 10.9 Å². The summed E-state index contributed by atoms with van der Waals surface area (Å²) in [7, 11) is 9.10. The van der Waals surface area contributed by atoms with Gasteiger partial charge in [-0.15, -0.1) is 13.2 Å². The van der Waals surface area contributed by atoms with Gasteiger partial charge in [0.05, 0.1) is 53.1 Å². The van der Waals surface area contributed by atoms with Gasteiger partial charge in [0.2, 0.25) is 5.75 Å². The maximum atomic E-state index is 13.5. The first kappa shape index (κ1) is 43.5. The minimum atomic E-state index is -0.670. The number of halogens is 4. The molecule has 2 fully saturated rings. The van der Waals surface area contributed by atoms with Gasteiger partial charge in [-0.05, 0) is 60.9 Å². The molecule has 2 aliphatic heterocycles. The highest BCUT2D eigenvalue weighted by Crippen LogP contribution is 2.51. The van der Waals surface area contributed by atoms with Gasteiger partial charge in [-0.3, -0.25) is 28.5 Å². The number of rotatable bonds is 8. The predicted octanol–water partition coefficient (Wildman–Crippen LogP) is 5.58. The number of carbonyl (C=O) groups excluding carboxylic acids is 2. The summed E-state index contributed by atoms with van der Waals surface area (Å²) in [5, 5.41) is 1.21. The van der Waals surface area contributed by atoms with Gasteiger partial charge >= 0.3 is 11.9 Å². The zero-order valence-electron chi connectivity index (χ0n) is 29.1. The van der Waals surface area contributed by atoms with Gasteiger partial charge in [-0.1, -0.05) is 0 Å². The number of ether oxygens (including phenoxy) is 7. The third-order valence-corrected chi connectivity index (χ3v) is 9.76. The lowest BCUT2D eigenvalue weighted by Crippen LogP contribution is -2.58. The van der Waals surface area contributed by atoms with Crippen LogP contribution in [0.3, 0.4) is 0 Å². The molecule has 280 valence electrons. The summed E-state index contributed by atoms with van der Waals surface area (Å²) in [6, 6.07) is 9.40. The van der Waals surface area contributed by atoms with Crippen molar-refractivity contribution in [1.82, 2.24) is 9.88 Å². The van der Waals surface area contributed by atoms with Crippen molar-refractivity contribution >= 4 is 22.8 Å². The van der Waals surface area contributed by atoms with E-state index >= 15 is 0 Å². The van der Waals surface area contributed by atoms with Crippen LogP contribution in [0.2, 0.25) is 0 Å². The summed E-state index contributed by atoms with van der Waals surface area (Å²) in [5.41, 5.74) is 3.83. The summed E-state index contributed by atoms with van der Waals surface area (Å²) in [6.45, 7) is 7.68. The average molecular weight is 717 g/mol. The Morgan fingerprint density at radius 1 is 0.860 bits per heavy atom. The number of aromatic nitrogens is 1. The first-order valence-electron chi connectivity index (χ1n) is 15.4. The van der Waals surface area contributed by atoms with Crippen LogP contribution in [-0.2, 0) is 25.4 Å². The number of fused-ring (bicyclic) bond motifs is 6. The van der Waals surface area contributed by atoms with Crippen molar-refractivity contribution in [2.45, 2.75) is 37.5 Å². The lowest BCUT2D eigenvalue weighted by Gasteiger charge is -2.52. The third-order valence-electron chi connectivity index (χ3n) is 9.76. The van der Waals surface area contributed by atoms with Crippen LogP contribution >= 0.6 is 0 Å². The van der Waals surface area contributed by atoms with Crippen molar-refractivity contribution in [2.24, 2.45) is 17.8 Å². The zero-order chi connectivity index (χ0) is 33.1. The Morgan fingerprint density at radius 2 is 1.52 bits per heavy atom. The largest absolute Gasteiger partial charge is 0.497 e. The van der Waals surface area contributed by atoms with E-state index in [2.05, 4.69) is 29.1 Å². The van der Waals surface area contributed by atoms with Crippen LogP contribution in [0, 0.1) is 17.8 Å². The molecular weight excluding hydrogens is 668 g/mol. The number of hydrogen-bond acceptors (Lipinski definition) is 10. The monoisotopic (exact) mass is 716 g/mol. The highest BCUT2D eigenvalue weighted by atomic mass is 19.0. The molecule has 11 nitrogen and oxygen atoms in total. The molecule has 0 amide bonds. The van der Waals surface area contributed by atoms with E-state index in [-0.39, 0.29) is 48.2 Å². The molecule has 0 unspecified atom stereocenters. The molecule has 3 aliphatic rings. The van der Waals surface area contributed by atoms with E-state index in [1.807, 2.05) is 12.1 Å². The van der Waals surface area contributed by atoms with Crippen LogP contribution in [0.4, 0.5) is 18.8 Å². The van der Waals surface area contributed by atoms with E-state index < -0.39 is 24.1 Å². The van der Waals surface area contributed by atoms with Crippen molar-refractivity contribution in [1.29, 1.82) is 0 Å². The molecule has 2 aromatic carbocycles. The van der Waals surface area contributed by atoms with Gasteiger partial charge in [-0.2, -0.15) is 0 Å². The first-order chi connectivity index (χ1) is 22.3. The molecule has 0 spiro atoms. The lowest BCUT2D eigenvalue weighted by molar-refractivity contribution is -0.176. The van der Waals surface area contributed by atoms with E-state index in [0.717, 1.165) is 37.2 Å². The molecule has 1 saturated heterocycles. The van der Waals surface area contributed by atoms with Crippen molar-refractivity contribution in [3.63, 3.8) is 0 Å². The molecule has 6 rings (SSSR count). The fourth-order valence-electron chi connectivity index (χ4n) is 7.76. The molecule has 0 bridgehead atoms. The molecule has 1 aliphatic carbocycles. The summed E-state index contributed by atoms with van der Waals surface area (Å²) in [4.78, 5) is 33.1.